The van der Waals surface area contributed by atoms with E-state index < -0.39 is 0 Å². The molecule has 12 N–H and O–H groups in total. The molecule has 0 atom stereocenters. The third kappa shape index (κ3) is 22.4. The molecule has 16 aromatic carbocycles. The molecule has 1 saturated heterocycles. The summed E-state index contributed by atoms with van der Waals surface area (Å²) in [5, 5.41) is 86.5. The van der Waals surface area contributed by atoms with Crippen LogP contribution >= 0.6 is 0 Å². The van der Waals surface area contributed by atoms with Gasteiger partial charge in [-0.25, -0.2) is 19.5 Å². The lowest BCUT2D eigenvalue weighted by Crippen LogP contribution is -2.38. The van der Waals surface area contributed by atoms with Crippen LogP contribution in [0, 0.1) is 0 Å². The molecule has 722 valence electrons. The van der Waals surface area contributed by atoms with Gasteiger partial charge in [0, 0.05) is 65.6 Å². The Morgan fingerprint density at radius 2 is 0.538 bits per heavy atom. The van der Waals surface area contributed by atoms with Crippen molar-refractivity contribution in [3.8, 4) is 134 Å². The zero-order valence-electron chi connectivity index (χ0n) is 81.7. The van der Waals surface area contributed by atoms with Crippen molar-refractivity contribution in [2.45, 2.75) is 52.9 Å². The second kappa shape index (κ2) is 45.6. The van der Waals surface area contributed by atoms with Crippen LogP contribution in [0.25, 0.3) is 177 Å². The molecule has 0 aliphatic carbocycles. The number of aromatic nitrogens is 4. The van der Waals surface area contributed by atoms with Crippen LogP contribution in [-0.2, 0) is 64.6 Å². The number of ether oxygens (including phenoxy) is 1. The number of aliphatic imine (C=N–C) groups is 1. The van der Waals surface area contributed by atoms with Crippen molar-refractivity contribution >= 4 is 72.3 Å². The number of nitrogens with zero attached hydrogens (tertiary/aromatic N) is 8. The molecule has 0 spiro atoms. The number of hydrogen-bond acceptors (Lipinski definition) is 16. The van der Waals surface area contributed by atoms with Crippen molar-refractivity contribution in [2.24, 2.45) is 23.5 Å². The van der Waals surface area contributed by atoms with Crippen molar-refractivity contribution < 1.29 is 50.2 Å². The number of rotatable bonds is 24. The molecule has 20 aromatic rings. The fourth-order valence-corrected chi connectivity index (χ4v) is 19.2. The van der Waals surface area contributed by atoms with Gasteiger partial charge in [-0.2, -0.15) is 4.99 Å². The molecule has 0 unspecified atom stereocenters. The molecule has 0 radical (unpaired) electrons. The maximum Gasteiger partial charge on any atom is 0.284 e. The third-order valence-corrected chi connectivity index (χ3v) is 26.5. The molecule has 1 fully saturated rings. The Balaban J connectivity index is 0.000000127. The minimum Gasteiger partial charge on any atom is -0.392 e. The van der Waals surface area contributed by atoms with Gasteiger partial charge in [-0.15, -0.1) is 0 Å². The van der Waals surface area contributed by atoms with E-state index in [9.17, 15) is 40.9 Å². The van der Waals surface area contributed by atoms with Crippen molar-refractivity contribution in [3.05, 3.63) is 433 Å². The average Bonchev–Trinajstić information content (AvgIpc) is 0.760. The fraction of sp³-hybridized carbons (Fsp3) is 0.135. The van der Waals surface area contributed by atoms with Gasteiger partial charge in [0.15, 0.2) is 11.8 Å². The summed E-state index contributed by atoms with van der Waals surface area (Å²) in [6, 6.07) is 133. The van der Waals surface area contributed by atoms with E-state index in [0.29, 0.717) is 41.2 Å². The smallest absolute Gasteiger partial charge is 0.284 e. The number of fused-ring (bicyclic) bond motifs is 4. The maximum absolute atomic E-state index is 9.98. The van der Waals surface area contributed by atoms with Gasteiger partial charge in [0.25, 0.3) is 5.82 Å². The van der Waals surface area contributed by atoms with E-state index in [4.69, 9.17) is 31.2 Å². The van der Waals surface area contributed by atoms with Crippen LogP contribution in [0.15, 0.2) is 393 Å². The van der Waals surface area contributed by atoms with Gasteiger partial charge in [0.05, 0.1) is 110 Å². The number of guanidine groups is 1. The summed E-state index contributed by atoms with van der Waals surface area (Å²) in [5.41, 5.74) is 42.7. The number of aliphatic hydroxyl groups is 8. The molecule has 0 bridgehead atoms. The summed E-state index contributed by atoms with van der Waals surface area (Å²) in [5.74, 6) is 2.98. The van der Waals surface area contributed by atoms with Crippen LogP contribution in [0.2, 0.25) is 0 Å². The first-order valence-electron chi connectivity index (χ1n) is 48.4. The molecular weight excluding hydrogens is 1800 g/mol. The van der Waals surface area contributed by atoms with Gasteiger partial charge in [-0.05, 0) is 301 Å². The first-order valence-corrected chi connectivity index (χ1v) is 48.4. The summed E-state index contributed by atoms with van der Waals surface area (Å²) < 4.78 is 7.83. The number of benzene rings is 16. The first-order chi connectivity index (χ1) is 70.8. The second-order valence-electron chi connectivity index (χ2n) is 36.5. The zero-order valence-corrected chi connectivity index (χ0v) is 81.7. The lowest BCUT2D eigenvalue weighted by molar-refractivity contribution is -0.646. The van der Waals surface area contributed by atoms with Gasteiger partial charge in [0.2, 0.25) is 0 Å². The average molecular weight is 1910 g/mol. The standard InChI is InChI=1S/C33H30N2O3.C32H31N2O2.C31H28N2O2.C30H26N4O2/c36-21-29-18-27-20-32(34-33(31(27)19-30(29)22-37)35-11-13-38-14-12-35)28-16-25(23-7-3-1-4-8-23)15-26(17-28)24-9-5-2-6-10-24;1-33(2)32-30-18-29(21-36)28(20-35)17-26(30)19-31(34(32)3)27-15-24(22-10-6-4-7-11-22)14-25(16-27)23-12-8-5-9-13-23;1-33(2)31-29-17-28(20-35)27(19-34)16-25(29)18-30(32-31)26-14-23(21-9-5-3-6-10-21)13-24(15-26)22-11-7-4-8-12-22;31-30(32)34-29-27-15-26(18-36)25(17-35)14-23(27)16-28(33-29)24-12-21(19-7-3-1-4-8-19)11-22(13-24)20-9-5-2-6-10-20/h1-10,15-20,36-37H,11-14,21-22H2;4-19,35-36H,20-21H2,1-3H3;3-18,34-35H,19-20H2,1-2H3;1-16,35-36H,17-18H2,(H4,31,32,33,34)/q;+1;;. The lowest BCUT2D eigenvalue weighted by Gasteiger charge is -2.29. The zero-order chi connectivity index (χ0) is 101. The maximum atomic E-state index is 9.98. The highest BCUT2D eigenvalue weighted by Crippen LogP contribution is 2.44. The Morgan fingerprint density at radius 1 is 0.283 bits per heavy atom. The van der Waals surface area contributed by atoms with E-state index in [1.54, 1.807) is 6.07 Å². The predicted molar refractivity (Wildman–Crippen MR) is 590 cm³/mol. The number of nitrogens with two attached hydrogens (primary N) is 2. The minimum absolute atomic E-state index is 0.107. The SMILES string of the molecule is CN(C)c1c2cc(CO)c(CO)cc2cc(-c2cc(-c3ccccc3)cc(-c3ccccc3)c2)[n+]1C.CN(C)c1nc(-c2cc(-c3ccccc3)cc(-c3ccccc3)c2)cc2cc(CO)c(CO)cc12.NC(N)=Nc1nc(-c2cc(-c3ccccc3)cc(-c3ccccc3)c2)cc2cc(CO)c(CO)cc12.OCc1cc2cc(-c3cc(-c4ccccc4)cc(-c4ccccc4)c3)nc(N3CCOCC3)c2cc1CO. The Bertz CT molecular complexity index is 7790. The molecule has 19 nitrogen and oxygen atoms in total. The number of morpholine rings is 1. The van der Waals surface area contributed by atoms with Crippen LogP contribution in [0.1, 0.15) is 44.5 Å². The van der Waals surface area contributed by atoms with Crippen molar-refractivity contribution in [3.63, 3.8) is 0 Å². The fourth-order valence-electron chi connectivity index (χ4n) is 19.2. The molecule has 4 aromatic heterocycles. The summed E-state index contributed by atoms with van der Waals surface area (Å²) in [6.07, 6.45) is 0. The molecule has 19 heteroatoms. The highest BCUT2D eigenvalue weighted by molar-refractivity contribution is 6.01. The summed E-state index contributed by atoms with van der Waals surface area (Å²) in [7, 11) is 10.1. The number of anilines is 3. The second-order valence-corrected chi connectivity index (χ2v) is 36.5. The molecule has 1 aliphatic heterocycles. The van der Waals surface area contributed by atoms with E-state index in [2.05, 4.69) is 287 Å². The van der Waals surface area contributed by atoms with Crippen molar-refractivity contribution in [1.82, 2.24) is 15.0 Å². The highest BCUT2D eigenvalue weighted by Gasteiger charge is 2.26. The Kier molecular flexibility index (Phi) is 31.0. The Morgan fingerprint density at radius 3 is 0.841 bits per heavy atom. The lowest BCUT2D eigenvalue weighted by atomic mass is 9.93. The number of hydrogen-bond donors (Lipinski definition) is 10. The van der Waals surface area contributed by atoms with E-state index in [-0.39, 0.29) is 58.8 Å². The molecule has 145 heavy (non-hydrogen) atoms. The Hall–Kier alpha value is -16.5. The summed E-state index contributed by atoms with van der Waals surface area (Å²) in [6.45, 7) is 1.67. The van der Waals surface area contributed by atoms with Crippen LogP contribution in [0.4, 0.5) is 23.3 Å². The molecule has 0 amide bonds. The molecule has 5 heterocycles. The van der Waals surface area contributed by atoms with Gasteiger partial charge in [-0.1, -0.05) is 243 Å². The van der Waals surface area contributed by atoms with E-state index in [0.717, 1.165) is 219 Å². The quantitative estimate of drug-likeness (QED) is 0.0153. The van der Waals surface area contributed by atoms with E-state index >= 15 is 0 Å². The first kappa shape index (κ1) is 98.6. The van der Waals surface area contributed by atoms with E-state index in [1.165, 1.54) is 11.1 Å². The molecule has 1 aliphatic rings. The Labute approximate surface area is 844 Å². The largest absolute Gasteiger partial charge is 0.392 e. The normalized spacial score (nSPS) is 11.7. The van der Waals surface area contributed by atoms with Crippen LogP contribution in [0.5, 0.6) is 0 Å². The third-order valence-electron chi connectivity index (χ3n) is 26.5. The molecule has 21 rings (SSSR count). The van der Waals surface area contributed by atoms with Crippen LogP contribution < -0.4 is 30.7 Å². The van der Waals surface area contributed by atoms with Gasteiger partial charge >= 0.3 is 0 Å². The van der Waals surface area contributed by atoms with Crippen LogP contribution in [0.3, 0.4) is 0 Å². The summed E-state index contributed by atoms with van der Waals surface area (Å²) >= 11 is 0. The van der Waals surface area contributed by atoms with Crippen molar-refractivity contribution in [2.75, 3.05) is 69.2 Å². The van der Waals surface area contributed by atoms with Crippen LogP contribution in [-0.4, -0.2) is 116 Å². The number of aliphatic hydroxyl groups excluding tert-OH is 8. The van der Waals surface area contributed by atoms with Crippen molar-refractivity contribution in [1.29, 1.82) is 0 Å². The molecular formula is C126H115N10O9+. The van der Waals surface area contributed by atoms with E-state index in [1.807, 2.05) is 154 Å². The minimum atomic E-state index is -0.214. The highest BCUT2D eigenvalue weighted by atomic mass is 16.5. The molecule has 0 saturated carbocycles. The summed E-state index contributed by atoms with van der Waals surface area (Å²) in [4.78, 5) is 25.7. The van der Waals surface area contributed by atoms with Gasteiger partial charge < -0.3 is 66.9 Å². The topological polar surface area (TPSA) is 288 Å². The number of pyridine rings is 4. The van der Waals surface area contributed by atoms with Gasteiger partial charge in [0.1, 0.15) is 17.3 Å². The predicted octanol–water partition coefficient (Wildman–Crippen LogP) is 23.2. The monoisotopic (exact) mass is 1910 g/mol. The van der Waals surface area contributed by atoms with Gasteiger partial charge in [-0.3, -0.25) is 4.90 Å².